The van der Waals surface area contributed by atoms with E-state index < -0.39 is 10.0 Å². The van der Waals surface area contributed by atoms with Gasteiger partial charge in [-0.1, -0.05) is 18.6 Å². The van der Waals surface area contributed by atoms with Gasteiger partial charge < -0.3 is 10.3 Å². The SMILES string of the molecule is CCS(=O)(=O)Nc1ccccc1C(=O)Nc1ccc2nc(C3CCC3)[nH]c2c1. The number of amides is 1. The Balaban J connectivity index is 1.56. The van der Waals surface area contributed by atoms with Crippen molar-refractivity contribution in [1.29, 1.82) is 0 Å². The molecule has 1 aliphatic carbocycles. The fourth-order valence-electron chi connectivity index (χ4n) is 3.19. The van der Waals surface area contributed by atoms with Crippen molar-refractivity contribution in [2.75, 3.05) is 15.8 Å². The van der Waals surface area contributed by atoms with Crippen molar-refractivity contribution in [3.8, 4) is 0 Å². The summed E-state index contributed by atoms with van der Waals surface area (Å²) in [7, 11) is -3.48. The Morgan fingerprint density at radius 2 is 2.00 bits per heavy atom. The number of nitrogens with zero attached hydrogens (tertiary/aromatic N) is 1. The molecule has 0 bridgehead atoms. The zero-order chi connectivity index (χ0) is 19.7. The van der Waals surface area contributed by atoms with Crippen LogP contribution in [0.1, 0.15) is 48.3 Å². The highest BCUT2D eigenvalue weighted by Crippen LogP contribution is 2.35. The van der Waals surface area contributed by atoms with E-state index in [0.29, 0.717) is 11.6 Å². The Hall–Kier alpha value is -2.87. The first-order chi connectivity index (χ1) is 13.4. The van der Waals surface area contributed by atoms with Crippen LogP contribution in [0.2, 0.25) is 0 Å². The third kappa shape index (κ3) is 3.73. The lowest BCUT2D eigenvalue weighted by Crippen LogP contribution is -2.19. The van der Waals surface area contributed by atoms with Crippen LogP contribution in [0.25, 0.3) is 11.0 Å². The van der Waals surface area contributed by atoms with Crippen LogP contribution >= 0.6 is 0 Å². The van der Waals surface area contributed by atoms with Gasteiger partial charge in [0.1, 0.15) is 5.82 Å². The largest absolute Gasteiger partial charge is 0.342 e. The quantitative estimate of drug-likeness (QED) is 0.587. The van der Waals surface area contributed by atoms with Crippen molar-refractivity contribution in [3.05, 3.63) is 53.9 Å². The monoisotopic (exact) mass is 398 g/mol. The second kappa shape index (κ2) is 7.27. The molecule has 8 heteroatoms. The standard InChI is InChI=1S/C20H22N4O3S/c1-2-28(26,27)24-16-9-4-3-8-15(16)20(25)21-14-10-11-17-18(12-14)23-19(22-17)13-6-5-7-13/h3-4,8-13,24H,2,5-7H2,1H3,(H,21,25)(H,22,23). The van der Waals surface area contributed by atoms with Gasteiger partial charge in [-0.25, -0.2) is 13.4 Å². The molecule has 0 aliphatic heterocycles. The van der Waals surface area contributed by atoms with Gasteiger partial charge in [-0.2, -0.15) is 0 Å². The van der Waals surface area contributed by atoms with Gasteiger partial charge >= 0.3 is 0 Å². The summed E-state index contributed by atoms with van der Waals surface area (Å²) >= 11 is 0. The normalized spacial score (nSPS) is 14.6. The Bertz CT molecular complexity index is 1130. The van der Waals surface area contributed by atoms with E-state index in [1.807, 2.05) is 12.1 Å². The highest BCUT2D eigenvalue weighted by molar-refractivity contribution is 7.92. The van der Waals surface area contributed by atoms with Gasteiger partial charge in [-0.15, -0.1) is 0 Å². The predicted octanol–water partition coefficient (Wildman–Crippen LogP) is 3.84. The topological polar surface area (TPSA) is 104 Å². The van der Waals surface area contributed by atoms with Crippen LogP contribution in [0.15, 0.2) is 42.5 Å². The van der Waals surface area contributed by atoms with Crippen LogP contribution in [0.5, 0.6) is 0 Å². The molecule has 2 aromatic carbocycles. The fourth-order valence-corrected chi connectivity index (χ4v) is 3.85. The van der Waals surface area contributed by atoms with Gasteiger partial charge in [-0.05, 0) is 50.1 Å². The molecule has 1 heterocycles. The molecule has 0 saturated heterocycles. The Morgan fingerprint density at radius 1 is 1.21 bits per heavy atom. The van der Waals surface area contributed by atoms with E-state index in [0.717, 1.165) is 29.7 Å². The molecule has 4 rings (SSSR count). The molecule has 146 valence electrons. The predicted molar refractivity (Wildman–Crippen MR) is 110 cm³/mol. The summed E-state index contributed by atoms with van der Waals surface area (Å²) in [6, 6.07) is 12.1. The fraction of sp³-hybridized carbons (Fsp3) is 0.300. The van der Waals surface area contributed by atoms with Crippen LogP contribution in [-0.2, 0) is 10.0 Å². The van der Waals surface area contributed by atoms with Crippen molar-refractivity contribution < 1.29 is 13.2 Å². The molecule has 0 spiro atoms. The molecule has 1 saturated carbocycles. The van der Waals surface area contributed by atoms with Crippen LogP contribution in [-0.4, -0.2) is 30.0 Å². The number of anilines is 2. The van der Waals surface area contributed by atoms with E-state index in [-0.39, 0.29) is 22.9 Å². The number of hydrogen-bond acceptors (Lipinski definition) is 4. The van der Waals surface area contributed by atoms with Crippen LogP contribution < -0.4 is 10.0 Å². The maximum atomic E-state index is 12.7. The molecule has 7 nitrogen and oxygen atoms in total. The Labute approximate surface area is 163 Å². The number of carbonyl (C=O) groups excluding carboxylic acids is 1. The smallest absolute Gasteiger partial charge is 0.257 e. The zero-order valence-electron chi connectivity index (χ0n) is 15.5. The lowest BCUT2D eigenvalue weighted by molar-refractivity contribution is 0.102. The minimum atomic E-state index is -3.48. The van der Waals surface area contributed by atoms with Gasteiger partial charge in [0.15, 0.2) is 0 Å². The molecule has 1 aliphatic rings. The second-order valence-corrected chi connectivity index (χ2v) is 9.00. The number of imidazole rings is 1. The number of rotatable bonds is 6. The average Bonchev–Trinajstić information content (AvgIpc) is 3.02. The summed E-state index contributed by atoms with van der Waals surface area (Å²) in [5, 5.41) is 2.84. The summed E-state index contributed by atoms with van der Waals surface area (Å²) in [5.74, 6) is 1.06. The van der Waals surface area contributed by atoms with Gasteiger partial charge in [0, 0.05) is 11.6 Å². The molecule has 28 heavy (non-hydrogen) atoms. The number of benzene rings is 2. The molecule has 3 aromatic rings. The zero-order valence-corrected chi connectivity index (χ0v) is 16.3. The molecule has 0 unspecified atom stereocenters. The highest BCUT2D eigenvalue weighted by atomic mass is 32.2. The lowest BCUT2D eigenvalue weighted by Gasteiger charge is -2.22. The first-order valence-electron chi connectivity index (χ1n) is 9.36. The molecule has 1 amide bonds. The van der Waals surface area contributed by atoms with Crippen LogP contribution in [0, 0.1) is 0 Å². The van der Waals surface area contributed by atoms with E-state index >= 15 is 0 Å². The highest BCUT2D eigenvalue weighted by Gasteiger charge is 2.22. The first kappa shape index (κ1) is 18.5. The van der Waals surface area contributed by atoms with Crippen molar-refractivity contribution in [2.45, 2.75) is 32.1 Å². The van der Waals surface area contributed by atoms with Crippen molar-refractivity contribution in [1.82, 2.24) is 9.97 Å². The molecule has 0 atom stereocenters. The van der Waals surface area contributed by atoms with Crippen LogP contribution in [0.3, 0.4) is 0 Å². The van der Waals surface area contributed by atoms with Crippen LogP contribution in [0.4, 0.5) is 11.4 Å². The summed E-state index contributed by atoms with van der Waals surface area (Å²) in [6.45, 7) is 1.54. The van der Waals surface area contributed by atoms with E-state index in [2.05, 4.69) is 20.0 Å². The molecule has 1 aromatic heterocycles. The third-order valence-electron chi connectivity index (χ3n) is 5.07. The lowest BCUT2D eigenvalue weighted by atomic mass is 9.85. The number of H-pyrrole nitrogens is 1. The van der Waals surface area contributed by atoms with Gasteiger partial charge in [-0.3, -0.25) is 9.52 Å². The Morgan fingerprint density at radius 3 is 2.71 bits per heavy atom. The second-order valence-electron chi connectivity index (χ2n) is 6.99. The maximum Gasteiger partial charge on any atom is 0.257 e. The van der Waals surface area contributed by atoms with Crippen molar-refractivity contribution in [3.63, 3.8) is 0 Å². The van der Waals surface area contributed by atoms with Crippen molar-refractivity contribution in [2.24, 2.45) is 0 Å². The molecule has 1 fully saturated rings. The van der Waals surface area contributed by atoms with Gasteiger partial charge in [0.05, 0.1) is 28.0 Å². The number of fused-ring (bicyclic) bond motifs is 1. The molecule has 0 radical (unpaired) electrons. The number of hydrogen-bond donors (Lipinski definition) is 3. The summed E-state index contributed by atoms with van der Waals surface area (Å²) in [4.78, 5) is 20.7. The Kier molecular flexibility index (Phi) is 4.80. The first-order valence-corrected chi connectivity index (χ1v) is 11.0. The summed E-state index contributed by atoms with van der Waals surface area (Å²) in [5.41, 5.74) is 2.89. The van der Waals surface area contributed by atoms with E-state index in [1.165, 1.54) is 6.42 Å². The number of carbonyl (C=O) groups is 1. The average molecular weight is 398 g/mol. The van der Waals surface area contributed by atoms with E-state index in [4.69, 9.17) is 0 Å². The van der Waals surface area contributed by atoms with E-state index in [1.54, 1.807) is 37.3 Å². The number of nitrogens with one attached hydrogen (secondary N) is 3. The number of aromatic amines is 1. The van der Waals surface area contributed by atoms with Crippen molar-refractivity contribution >= 4 is 38.3 Å². The van der Waals surface area contributed by atoms with Gasteiger partial charge in [0.2, 0.25) is 10.0 Å². The minimum absolute atomic E-state index is 0.0667. The van der Waals surface area contributed by atoms with E-state index in [9.17, 15) is 13.2 Å². The molecular formula is C20H22N4O3S. The maximum absolute atomic E-state index is 12.7. The number of sulfonamides is 1. The molecular weight excluding hydrogens is 376 g/mol. The third-order valence-corrected chi connectivity index (χ3v) is 6.36. The number of aromatic nitrogens is 2. The van der Waals surface area contributed by atoms with Gasteiger partial charge in [0.25, 0.3) is 5.91 Å². The summed E-state index contributed by atoms with van der Waals surface area (Å²) in [6.07, 6.45) is 3.56. The minimum Gasteiger partial charge on any atom is -0.342 e. The molecule has 3 N–H and O–H groups in total. The number of para-hydroxylation sites is 1. The summed E-state index contributed by atoms with van der Waals surface area (Å²) < 4.78 is 26.2.